The van der Waals surface area contributed by atoms with Gasteiger partial charge in [-0.05, 0) is 29.2 Å². The van der Waals surface area contributed by atoms with Gasteiger partial charge in [0.25, 0.3) is 0 Å². The van der Waals surface area contributed by atoms with E-state index in [1.165, 1.54) is 11.8 Å². The Hall–Kier alpha value is -2.31. The standard InChI is InChI=1S/C21H23ClN4OS/c1-21(2,3)15-10-6-8-12-17(15)23-18(27)13-28-20-25-24-19(26(20)4)14-9-5-7-11-16(14)22/h5-12H,13H2,1-4H3,(H,23,27). The van der Waals surface area contributed by atoms with Crippen LogP contribution in [0.15, 0.2) is 53.7 Å². The van der Waals surface area contributed by atoms with Crippen molar-refractivity contribution in [2.45, 2.75) is 31.3 Å². The summed E-state index contributed by atoms with van der Waals surface area (Å²) < 4.78 is 1.85. The summed E-state index contributed by atoms with van der Waals surface area (Å²) in [6.45, 7) is 6.38. The second-order valence-electron chi connectivity index (χ2n) is 7.48. The van der Waals surface area contributed by atoms with E-state index < -0.39 is 0 Å². The molecule has 3 rings (SSSR count). The number of halogens is 1. The lowest BCUT2D eigenvalue weighted by atomic mass is 9.86. The average Bonchev–Trinajstić information content (AvgIpc) is 3.00. The number of carbonyl (C=O) groups is 1. The highest BCUT2D eigenvalue weighted by molar-refractivity contribution is 7.99. The maximum Gasteiger partial charge on any atom is 0.234 e. The molecule has 2 aromatic carbocycles. The molecule has 0 unspecified atom stereocenters. The first-order chi connectivity index (χ1) is 13.3. The summed E-state index contributed by atoms with van der Waals surface area (Å²) in [4.78, 5) is 12.5. The van der Waals surface area contributed by atoms with Crippen LogP contribution in [0.1, 0.15) is 26.3 Å². The molecule has 0 radical (unpaired) electrons. The van der Waals surface area contributed by atoms with Crippen molar-refractivity contribution in [3.8, 4) is 11.4 Å². The van der Waals surface area contributed by atoms with Gasteiger partial charge in [-0.3, -0.25) is 4.79 Å². The topological polar surface area (TPSA) is 59.8 Å². The maximum absolute atomic E-state index is 12.5. The van der Waals surface area contributed by atoms with Crippen molar-refractivity contribution in [2.75, 3.05) is 11.1 Å². The van der Waals surface area contributed by atoms with Gasteiger partial charge < -0.3 is 9.88 Å². The van der Waals surface area contributed by atoms with Crippen molar-refractivity contribution in [1.29, 1.82) is 0 Å². The molecule has 1 N–H and O–H groups in total. The largest absolute Gasteiger partial charge is 0.325 e. The van der Waals surface area contributed by atoms with Crippen LogP contribution in [0.25, 0.3) is 11.4 Å². The third-order valence-electron chi connectivity index (χ3n) is 4.29. The fraction of sp³-hybridized carbons (Fsp3) is 0.286. The molecule has 1 heterocycles. The number of anilines is 1. The van der Waals surface area contributed by atoms with Crippen LogP contribution < -0.4 is 5.32 Å². The number of nitrogens with one attached hydrogen (secondary N) is 1. The molecule has 0 aliphatic heterocycles. The number of thioether (sulfide) groups is 1. The monoisotopic (exact) mass is 414 g/mol. The molecule has 0 saturated carbocycles. The van der Waals surface area contributed by atoms with E-state index in [4.69, 9.17) is 11.6 Å². The van der Waals surface area contributed by atoms with Crippen LogP contribution in [0.4, 0.5) is 5.69 Å². The van der Waals surface area contributed by atoms with Gasteiger partial charge in [-0.25, -0.2) is 0 Å². The lowest BCUT2D eigenvalue weighted by Gasteiger charge is -2.22. The van der Waals surface area contributed by atoms with Crippen molar-refractivity contribution in [1.82, 2.24) is 14.8 Å². The van der Waals surface area contributed by atoms with E-state index in [-0.39, 0.29) is 17.1 Å². The number of amides is 1. The van der Waals surface area contributed by atoms with Crippen molar-refractivity contribution in [3.05, 3.63) is 59.1 Å². The zero-order valence-corrected chi connectivity index (χ0v) is 17.9. The number of hydrogen-bond donors (Lipinski definition) is 1. The van der Waals surface area contributed by atoms with Gasteiger partial charge in [0.15, 0.2) is 11.0 Å². The van der Waals surface area contributed by atoms with Crippen molar-refractivity contribution >= 4 is 35.0 Å². The molecule has 0 spiro atoms. The van der Waals surface area contributed by atoms with Gasteiger partial charge in [-0.2, -0.15) is 0 Å². The first-order valence-corrected chi connectivity index (χ1v) is 10.3. The lowest BCUT2D eigenvalue weighted by Crippen LogP contribution is -2.20. The fourth-order valence-corrected chi connectivity index (χ4v) is 3.81. The average molecular weight is 415 g/mol. The highest BCUT2D eigenvalue weighted by atomic mass is 35.5. The minimum absolute atomic E-state index is 0.0511. The number of para-hydroxylation sites is 1. The number of aromatic nitrogens is 3. The van der Waals surface area contributed by atoms with E-state index in [0.29, 0.717) is 16.0 Å². The Morgan fingerprint density at radius 3 is 2.50 bits per heavy atom. The molecule has 28 heavy (non-hydrogen) atoms. The van der Waals surface area contributed by atoms with Crippen LogP contribution in [0.3, 0.4) is 0 Å². The van der Waals surface area contributed by atoms with E-state index in [0.717, 1.165) is 16.8 Å². The van der Waals surface area contributed by atoms with Crippen molar-refractivity contribution in [2.24, 2.45) is 7.05 Å². The molecule has 0 atom stereocenters. The summed E-state index contributed by atoms with van der Waals surface area (Å²) in [6, 6.07) is 15.4. The van der Waals surface area contributed by atoms with Gasteiger partial charge in [0.1, 0.15) is 0 Å². The van der Waals surface area contributed by atoms with E-state index in [1.807, 2.05) is 60.1 Å². The number of carbonyl (C=O) groups excluding carboxylic acids is 1. The minimum Gasteiger partial charge on any atom is -0.325 e. The van der Waals surface area contributed by atoms with Crippen molar-refractivity contribution in [3.63, 3.8) is 0 Å². The highest BCUT2D eigenvalue weighted by Crippen LogP contribution is 2.30. The highest BCUT2D eigenvalue weighted by Gasteiger charge is 2.19. The van der Waals surface area contributed by atoms with E-state index in [9.17, 15) is 4.79 Å². The molecule has 0 fully saturated rings. The zero-order valence-electron chi connectivity index (χ0n) is 16.4. The quantitative estimate of drug-likeness (QED) is 0.585. The molecule has 146 valence electrons. The number of hydrogen-bond acceptors (Lipinski definition) is 4. The van der Waals surface area contributed by atoms with Crippen LogP contribution in [0.5, 0.6) is 0 Å². The molecular formula is C21H23ClN4OS. The van der Waals surface area contributed by atoms with Gasteiger partial charge in [0.05, 0.1) is 10.8 Å². The van der Waals surface area contributed by atoms with Crippen LogP contribution in [0.2, 0.25) is 5.02 Å². The maximum atomic E-state index is 12.5. The minimum atomic E-state index is -0.0796. The SMILES string of the molecule is Cn1c(SCC(=O)Nc2ccccc2C(C)(C)C)nnc1-c1ccccc1Cl. The van der Waals surface area contributed by atoms with Crippen LogP contribution in [-0.2, 0) is 17.3 Å². The molecule has 0 aliphatic carbocycles. The molecule has 0 aliphatic rings. The molecular weight excluding hydrogens is 392 g/mol. The Morgan fingerprint density at radius 2 is 1.79 bits per heavy atom. The van der Waals surface area contributed by atoms with Crippen LogP contribution >= 0.6 is 23.4 Å². The Morgan fingerprint density at radius 1 is 1.11 bits per heavy atom. The molecule has 0 bridgehead atoms. The smallest absolute Gasteiger partial charge is 0.234 e. The predicted octanol–water partition coefficient (Wildman–Crippen LogP) is 5.16. The summed E-state index contributed by atoms with van der Waals surface area (Å²) >= 11 is 7.60. The van der Waals surface area contributed by atoms with Gasteiger partial charge >= 0.3 is 0 Å². The van der Waals surface area contributed by atoms with Gasteiger partial charge in [0.2, 0.25) is 5.91 Å². The van der Waals surface area contributed by atoms with Crippen LogP contribution in [-0.4, -0.2) is 26.4 Å². The van der Waals surface area contributed by atoms with E-state index in [2.05, 4.69) is 36.3 Å². The second-order valence-corrected chi connectivity index (χ2v) is 8.83. The van der Waals surface area contributed by atoms with Gasteiger partial charge in [-0.15, -0.1) is 10.2 Å². The Balaban J connectivity index is 1.69. The summed E-state index contributed by atoms with van der Waals surface area (Å²) in [7, 11) is 1.87. The van der Waals surface area contributed by atoms with Gasteiger partial charge in [-0.1, -0.05) is 74.5 Å². The predicted molar refractivity (Wildman–Crippen MR) is 116 cm³/mol. The third kappa shape index (κ3) is 4.56. The first kappa shape index (κ1) is 20.4. The second kappa shape index (κ2) is 8.37. The molecule has 1 amide bonds. The molecule has 5 nitrogen and oxygen atoms in total. The Kier molecular flexibility index (Phi) is 6.10. The van der Waals surface area contributed by atoms with E-state index in [1.54, 1.807) is 0 Å². The lowest BCUT2D eigenvalue weighted by molar-refractivity contribution is -0.113. The van der Waals surface area contributed by atoms with Gasteiger partial charge in [0, 0.05) is 18.3 Å². The van der Waals surface area contributed by atoms with E-state index >= 15 is 0 Å². The fourth-order valence-electron chi connectivity index (χ4n) is 2.88. The molecule has 1 aromatic heterocycles. The normalized spacial score (nSPS) is 11.5. The van der Waals surface area contributed by atoms with Crippen LogP contribution in [0, 0.1) is 0 Å². The molecule has 7 heteroatoms. The van der Waals surface area contributed by atoms with Crippen molar-refractivity contribution < 1.29 is 4.79 Å². The first-order valence-electron chi connectivity index (χ1n) is 8.94. The Labute approximate surface area is 174 Å². The zero-order chi connectivity index (χ0) is 20.3. The molecule has 0 saturated heterocycles. The number of rotatable bonds is 5. The number of benzene rings is 2. The third-order valence-corrected chi connectivity index (χ3v) is 5.64. The Bertz CT molecular complexity index is 994. The number of nitrogens with zero attached hydrogens (tertiary/aromatic N) is 3. The summed E-state index contributed by atoms with van der Waals surface area (Å²) in [5.41, 5.74) is 2.71. The summed E-state index contributed by atoms with van der Waals surface area (Å²) in [6.07, 6.45) is 0. The molecule has 3 aromatic rings. The summed E-state index contributed by atoms with van der Waals surface area (Å²) in [5.74, 6) is 0.836. The summed E-state index contributed by atoms with van der Waals surface area (Å²) in [5, 5.41) is 12.7.